The van der Waals surface area contributed by atoms with Crippen molar-refractivity contribution in [2.45, 2.75) is 51.9 Å². The van der Waals surface area contributed by atoms with Crippen LogP contribution in [0.2, 0.25) is 0 Å². The Bertz CT molecular complexity index is 561. The highest BCUT2D eigenvalue weighted by Crippen LogP contribution is 2.24. The zero-order valence-corrected chi connectivity index (χ0v) is 14.2. The quantitative estimate of drug-likeness (QED) is 0.926. The maximum absolute atomic E-state index is 12.6. The van der Waals surface area contributed by atoms with Gasteiger partial charge in [0.15, 0.2) is 0 Å². The van der Waals surface area contributed by atoms with Crippen molar-refractivity contribution in [1.82, 2.24) is 9.88 Å². The zero-order chi connectivity index (χ0) is 17.0. The van der Waals surface area contributed by atoms with E-state index in [0.29, 0.717) is 18.7 Å². The van der Waals surface area contributed by atoms with Crippen molar-refractivity contribution in [1.29, 1.82) is 0 Å². The SMILES string of the molecule is CC(C)(C)c1ccc(C(=O)N2CCCC(CCC(=O)O)C2)nc1. The first-order valence-corrected chi connectivity index (χ1v) is 8.25. The van der Waals surface area contributed by atoms with Gasteiger partial charge in [-0.1, -0.05) is 26.8 Å². The Hall–Kier alpha value is -1.91. The van der Waals surface area contributed by atoms with Gasteiger partial charge in [-0.25, -0.2) is 0 Å². The molecule has 0 radical (unpaired) electrons. The Morgan fingerprint density at radius 2 is 2.09 bits per heavy atom. The Labute approximate surface area is 137 Å². The van der Waals surface area contributed by atoms with Crippen LogP contribution in [0, 0.1) is 5.92 Å². The monoisotopic (exact) mass is 318 g/mol. The lowest BCUT2D eigenvalue weighted by Crippen LogP contribution is -2.40. The number of likely N-dealkylation sites (tertiary alicyclic amines) is 1. The summed E-state index contributed by atoms with van der Waals surface area (Å²) in [5.41, 5.74) is 1.59. The van der Waals surface area contributed by atoms with Crippen LogP contribution in [-0.2, 0) is 10.2 Å². The van der Waals surface area contributed by atoms with E-state index in [1.807, 2.05) is 11.0 Å². The number of amides is 1. The molecule has 1 fully saturated rings. The van der Waals surface area contributed by atoms with Gasteiger partial charge in [-0.2, -0.15) is 0 Å². The predicted octanol–water partition coefficient (Wildman–Crippen LogP) is 3.10. The minimum atomic E-state index is -0.770. The minimum Gasteiger partial charge on any atom is -0.481 e. The molecule has 1 aliphatic rings. The third kappa shape index (κ3) is 4.78. The minimum absolute atomic E-state index is 0.0155. The maximum atomic E-state index is 12.6. The molecule has 0 saturated carbocycles. The van der Waals surface area contributed by atoms with E-state index in [0.717, 1.165) is 24.9 Å². The fourth-order valence-electron chi connectivity index (χ4n) is 2.94. The third-order valence-electron chi connectivity index (χ3n) is 4.42. The van der Waals surface area contributed by atoms with E-state index >= 15 is 0 Å². The van der Waals surface area contributed by atoms with Crippen molar-refractivity contribution in [3.63, 3.8) is 0 Å². The van der Waals surface area contributed by atoms with Gasteiger partial charge in [0.2, 0.25) is 0 Å². The lowest BCUT2D eigenvalue weighted by Gasteiger charge is -2.32. The van der Waals surface area contributed by atoms with Gasteiger partial charge in [0, 0.05) is 25.7 Å². The second kappa shape index (κ2) is 7.11. The van der Waals surface area contributed by atoms with Crippen molar-refractivity contribution in [3.8, 4) is 0 Å². The van der Waals surface area contributed by atoms with Crippen LogP contribution in [0.1, 0.15) is 62.5 Å². The molecule has 0 bridgehead atoms. The fourth-order valence-corrected chi connectivity index (χ4v) is 2.94. The molecule has 1 atom stereocenters. The highest BCUT2D eigenvalue weighted by Gasteiger charge is 2.25. The van der Waals surface area contributed by atoms with Crippen LogP contribution in [0.15, 0.2) is 18.3 Å². The summed E-state index contributed by atoms with van der Waals surface area (Å²) in [4.78, 5) is 29.4. The summed E-state index contributed by atoms with van der Waals surface area (Å²) in [5.74, 6) is -0.545. The molecule has 23 heavy (non-hydrogen) atoms. The van der Waals surface area contributed by atoms with Crippen LogP contribution in [0.3, 0.4) is 0 Å². The summed E-state index contributed by atoms with van der Waals surface area (Å²) >= 11 is 0. The molecule has 1 aromatic rings. The van der Waals surface area contributed by atoms with E-state index in [1.165, 1.54) is 0 Å². The maximum Gasteiger partial charge on any atom is 0.303 e. The van der Waals surface area contributed by atoms with Gasteiger partial charge in [0.25, 0.3) is 5.91 Å². The van der Waals surface area contributed by atoms with E-state index in [9.17, 15) is 9.59 Å². The standard InChI is InChI=1S/C18H26N2O3/c1-18(2,3)14-7-8-15(19-11-14)17(23)20-10-4-5-13(12-20)6-9-16(21)22/h7-8,11,13H,4-6,9-10,12H2,1-3H3,(H,21,22). The van der Waals surface area contributed by atoms with Gasteiger partial charge in [-0.05, 0) is 42.2 Å². The average Bonchev–Trinajstić information content (AvgIpc) is 2.52. The summed E-state index contributed by atoms with van der Waals surface area (Å²) in [7, 11) is 0. The average molecular weight is 318 g/mol. The lowest BCUT2D eigenvalue weighted by molar-refractivity contribution is -0.137. The molecule has 1 amide bonds. The topological polar surface area (TPSA) is 70.5 Å². The molecular formula is C18H26N2O3. The number of rotatable bonds is 4. The summed E-state index contributed by atoms with van der Waals surface area (Å²) < 4.78 is 0. The summed E-state index contributed by atoms with van der Waals surface area (Å²) in [6.07, 6.45) is 4.50. The molecule has 2 heterocycles. The molecule has 5 nitrogen and oxygen atoms in total. The van der Waals surface area contributed by atoms with Crippen LogP contribution in [-0.4, -0.2) is 40.0 Å². The number of carbonyl (C=O) groups excluding carboxylic acids is 1. The van der Waals surface area contributed by atoms with Crippen LogP contribution < -0.4 is 0 Å². The van der Waals surface area contributed by atoms with Crippen LogP contribution >= 0.6 is 0 Å². The number of carboxylic acids is 1. The molecule has 0 aromatic carbocycles. The molecule has 1 unspecified atom stereocenters. The number of pyridine rings is 1. The van der Waals surface area contributed by atoms with E-state index in [2.05, 4.69) is 25.8 Å². The Morgan fingerprint density at radius 1 is 1.35 bits per heavy atom. The van der Waals surface area contributed by atoms with E-state index in [-0.39, 0.29) is 23.7 Å². The van der Waals surface area contributed by atoms with Gasteiger partial charge in [-0.3, -0.25) is 14.6 Å². The Kier molecular flexibility index (Phi) is 5.39. The Morgan fingerprint density at radius 3 is 2.65 bits per heavy atom. The molecule has 1 aliphatic heterocycles. The second-order valence-electron chi connectivity index (χ2n) is 7.37. The zero-order valence-electron chi connectivity index (χ0n) is 14.2. The largest absolute Gasteiger partial charge is 0.481 e. The van der Waals surface area contributed by atoms with Gasteiger partial charge in [0.1, 0.15) is 5.69 Å². The van der Waals surface area contributed by atoms with Crippen LogP contribution in [0.5, 0.6) is 0 Å². The van der Waals surface area contributed by atoms with Crippen LogP contribution in [0.4, 0.5) is 0 Å². The number of aromatic nitrogens is 1. The number of hydrogen-bond donors (Lipinski definition) is 1. The van der Waals surface area contributed by atoms with Crippen molar-refractivity contribution < 1.29 is 14.7 Å². The van der Waals surface area contributed by atoms with Gasteiger partial charge in [-0.15, -0.1) is 0 Å². The molecule has 5 heteroatoms. The second-order valence-corrected chi connectivity index (χ2v) is 7.37. The summed E-state index contributed by atoms with van der Waals surface area (Å²) in [6.45, 7) is 7.70. The van der Waals surface area contributed by atoms with E-state index in [4.69, 9.17) is 5.11 Å². The fraction of sp³-hybridized carbons (Fsp3) is 0.611. The molecule has 2 rings (SSSR count). The molecule has 0 aliphatic carbocycles. The first kappa shape index (κ1) is 17.4. The van der Waals surface area contributed by atoms with Gasteiger partial charge >= 0.3 is 5.97 Å². The number of nitrogens with zero attached hydrogens (tertiary/aromatic N) is 2. The molecule has 126 valence electrons. The molecule has 1 N–H and O–H groups in total. The Balaban J connectivity index is 2.00. The van der Waals surface area contributed by atoms with Gasteiger partial charge < -0.3 is 10.0 Å². The molecule has 1 aromatic heterocycles. The number of carbonyl (C=O) groups is 2. The number of piperidine rings is 1. The summed E-state index contributed by atoms with van der Waals surface area (Å²) in [5, 5.41) is 8.80. The van der Waals surface area contributed by atoms with Crippen molar-refractivity contribution in [2.75, 3.05) is 13.1 Å². The predicted molar refractivity (Wildman–Crippen MR) is 88.4 cm³/mol. The first-order chi connectivity index (χ1) is 10.8. The molecule has 1 saturated heterocycles. The van der Waals surface area contributed by atoms with E-state index < -0.39 is 5.97 Å². The third-order valence-corrected chi connectivity index (χ3v) is 4.42. The van der Waals surface area contributed by atoms with Crippen molar-refractivity contribution in [2.24, 2.45) is 5.92 Å². The number of aliphatic carboxylic acids is 1. The highest BCUT2D eigenvalue weighted by molar-refractivity contribution is 5.92. The van der Waals surface area contributed by atoms with Crippen LogP contribution in [0.25, 0.3) is 0 Å². The number of carboxylic acid groups (broad SMARTS) is 1. The smallest absolute Gasteiger partial charge is 0.303 e. The number of hydrogen-bond acceptors (Lipinski definition) is 3. The first-order valence-electron chi connectivity index (χ1n) is 8.25. The normalized spacial score (nSPS) is 18.7. The lowest BCUT2D eigenvalue weighted by atomic mass is 9.88. The van der Waals surface area contributed by atoms with E-state index in [1.54, 1.807) is 12.3 Å². The van der Waals surface area contributed by atoms with Crippen molar-refractivity contribution >= 4 is 11.9 Å². The van der Waals surface area contributed by atoms with Crippen molar-refractivity contribution in [3.05, 3.63) is 29.6 Å². The highest BCUT2D eigenvalue weighted by atomic mass is 16.4. The van der Waals surface area contributed by atoms with Gasteiger partial charge in [0.05, 0.1) is 0 Å². The summed E-state index contributed by atoms with van der Waals surface area (Å²) in [6, 6.07) is 3.76. The molecule has 0 spiro atoms. The molecular weight excluding hydrogens is 292 g/mol.